The number of halogens is 6. The molecule has 0 saturated heterocycles. The SMILES string of the molecule is O=C(CC(F)(F)Cl)OC1CC=Cc2ccc(-c3cc4sc(-c5ccc6c(c5)C(OC(=O)C(F)(F)Cl)CC=C6)cc4s3)cc21. The van der Waals surface area contributed by atoms with Crippen molar-refractivity contribution in [1.29, 1.82) is 0 Å². The van der Waals surface area contributed by atoms with E-state index in [0.29, 0.717) is 12.0 Å². The van der Waals surface area contributed by atoms with Crippen molar-refractivity contribution in [2.45, 2.75) is 42.2 Å². The van der Waals surface area contributed by atoms with Crippen LogP contribution in [-0.2, 0) is 19.1 Å². The topological polar surface area (TPSA) is 52.6 Å². The third-order valence-electron chi connectivity index (χ3n) is 7.04. The van der Waals surface area contributed by atoms with Crippen LogP contribution in [0.5, 0.6) is 0 Å². The average molecular weight is 668 g/mol. The molecule has 2 aromatic heterocycles. The molecule has 0 fully saturated rings. The molecule has 2 aromatic carbocycles. The van der Waals surface area contributed by atoms with Crippen LogP contribution in [0.3, 0.4) is 0 Å². The lowest BCUT2D eigenvalue weighted by Gasteiger charge is -2.23. The molecule has 0 amide bonds. The highest BCUT2D eigenvalue weighted by molar-refractivity contribution is 7.31. The third-order valence-corrected chi connectivity index (χ3v) is 9.72. The van der Waals surface area contributed by atoms with Crippen molar-refractivity contribution in [3.05, 3.63) is 82.9 Å². The van der Waals surface area contributed by atoms with Gasteiger partial charge in [-0.3, -0.25) is 4.79 Å². The molecule has 0 saturated carbocycles. The first-order valence-corrected chi connectivity index (χ1v) is 15.4. The fourth-order valence-electron chi connectivity index (χ4n) is 5.11. The molecule has 2 aliphatic rings. The van der Waals surface area contributed by atoms with Crippen molar-refractivity contribution in [2.24, 2.45) is 0 Å². The number of hydrogen-bond donors (Lipinski definition) is 0. The predicted octanol–water partition coefficient (Wildman–Crippen LogP) is 10.4. The van der Waals surface area contributed by atoms with Crippen molar-refractivity contribution >= 4 is 79.4 Å². The Hall–Kier alpha value is -3.18. The maximum absolute atomic E-state index is 13.3. The molecule has 0 aliphatic heterocycles. The fraction of sp³-hybridized carbons (Fsp3) is 0.226. The van der Waals surface area contributed by atoms with Gasteiger partial charge in [0.25, 0.3) is 0 Å². The Balaban J connectivity index is 1.25. The van der Waals surface area contributed by atoms with E-state index in [1.165, 1.54) is 0 Å². The van der Waals surface area contributed by atoms with E-state index in [0.717, 1.165) is 47.0 Å². The summed E-state index contributed by atoms with van der Waals surface area (Å²) in [4.78, 5) is 25.7. The minimum atomic E-state index is -4.10. The summed E-state index contributed by atoms with van der Waals surface area (Å²) in [6.45, 7) is 0. The molecule has 43 heavy (non-hydrogen) atoms. The van der Waals surface area contributed by atoms with Gasteiger partial charge in [-0.25, -0.2) is 4.79 Å². The molecule has 0 N–H and O–H groups in total. The zero-order chi connectivity index (χ0) is 30.5. The summed E-state index contributed by atoms with van der Waals surface area (Å²) in [6.07, 6.45) is 5.19. The summed E-state index contributed by atoms with van der Waals surface area (Å²) < 4.78 is 65.2. The number of benzene rings is 2. The van der Waals surface area contributed by atoms with E-state index in [4.69, 9.17) is 32.7 Å². The molecule has 4 aromatic rings. The van der Waals surface area contributed by atoms with Gasteiger partial charge in [0.1, 0.15) is 18.6 Å². The van der Waals surface area contributed by atoms with Crippen LogP contribution in [0.2, 0.25) is 0 Å². The summed E-state index contributed by atoms with van der Waals surface area (Å²) in [5.74, 6) is -2.85. The zero-order valence-corrected chi connectivity index (χ0v) is 25.1. The monoisotopic (exact) mass is 666 g/mol. The molecule has 0 spiro atoms. The molecule has 2 aliphatic carbocycles. The lowest BCUT2D eigenvalue weighted by molar-refractivity contribution is -0.167. The average Bonchev–Trinajstić information content (AvgIpc) is 3.51. The normalized spacial score (nSPS) is 17.9. The van der Waals surface area contributed by atoms with E-state index < -0.39 is 41.3 Å². The standard InChI is InChI=1S/C31H20Cl2F4O4S2/c32-30(34,35)15-28(38)40-22-5-1-3-16-7-9-18(11-20(16)22)24-13-26-27(42-24)14-25(43-26)19-10-8-17-4-2-6-23(21(17)12-19)41-29(39)31(33,36)37/h1-4,7-14,22-23H,5-6,15H2. The minimum absolute atomic E-state index is 0.258. The number of ether oxygens (including phenoxy) is 2. The van der Waals surface area contributed by atoms with Crippen molar-refractivity contribution in [1.82, 2.24) is 0 Å². The number of esters is 2. The first kappa shape index (κ1) is 29.9. The highest BCUT2D eigenvalue weighted by Crippen LogP contribution is 2.44. The third kappa shape index (κ3) is 6.52. The minimum Gasteiger partial charge on any atom is -0.457 e. The van der Waals surface area contributed by atoms with Gasteiger partial charge in [0.05, 0.1) is 0 Å². The van der Waals surface area contributed by atoms with Crippen molar-refractivity contribution in [3.63, 3.8) is 0 Å². The number of alkyl halides is 6. The molecule has 12 heteroatoms. The molecule has 222 valence electrons. The van der Waals surface area contributed by atoms with Gasteiger partial charge >= 0.3 is 22.7 Å². The van der Waals surface area contributed by atoms with Gasteiger partial charge in [-0.05, 0) is 69.7 Å². The summed E-state index contributed by atoms with van der Waals surface area (Å²) in [6, 6.07) is 15.5. The first-order valence-electron chi connectivity index (χ1n) is 13.0. The van der Waals surface area contributed by atoms with Gasteiger partial charge in [-0.1, -0.05) is 48.6 Å². The maximum atomic E-state index is 13.3. The molecule has 2 heterocycles. The fourth-order valence-corrected chi connectivity index (χ4v) is 7.65. The van der Waals surface area contributed by atoms with Gasteiger partial charge in [-0.15, -0.1) is 22.7 Å². The van der Waals surface area contributed by atoms with Crippen molar-refractivity contribution in [2.75, 3.05) is 0 Å². The quantitative estimate of drug-likeness (QED) is 0.112. The highest BCUT2D eigenvalue weighted by atomic mass is 35.5. The zero-order valence-electron chi connectivity index (χ0n) is 21.9. The predicted molar refractivity (Wildman–Crippen MR) is 162 cm³/mol. The summed E-state index contributed by atoms with van der Waals surface area (Å²) in [5.41, 5.74) is 4.72. The molecule has 4 nitrogen and oxygen atoms in total. The van der Waals surface area contributed by atoms with E-state index in [9.17, 15) is 27.2 Å². The van der Waals surface area contributed by atoms with Crippen molar-refractivity contribution in [3.8, 4) is 20.9 Å². The Labute approximate surface area is 261 Å². The van der Waals surface area contributed by atoms with Crippen LogP contribution in [0.1, 0.15) is 53.7 Å². The van der Waals surface area contributed by atoms with Crippen LogP contribution < -0.4 is 0 Å². The second-order valence-electron chi connectivity index (χ2n) is 10.1. The van der Waals surface area contributed by atoms with E-state index in [1.807, 2.05) is 60.7 Å². The smallest absolute Gasteiger partial charge is 0.417 e. The largest absolute Gasteiger partial charge is 0.457 e. The Kier molecular flexibility index (Phi) is 7.91. The number of thiophene rings is 2. The van der Waals surface area contributed by atoms with Gasteiger partial charge in [0.15, 0.2) is 0 Å². The van der Waals surface area contributed by atoms with Crippen LogP contribution in [-0.4, -0.2) is 22.7 Å². The second-order valence-corrected chi connectivity index (χ2v) is 13.3. The molecule has 0 radical (unpaired) electrons. The molecule has 0 bridgehead atoms. The van der Waals surface area contributed by atoms with Crippen molar-refractivity contribution < 1.29 is 36.6 Å². The van der Waals surface area contributed by atoms with Crippen LogP contribution in [0.25, 0.3) is 42.4 Å². The Morgan fingerprint density at radius 3 is 1.72 bits per heavy atom. The lowest BCUT2D eigenvalue weighted by atomic mass is 9.92. The van der Waals surface area contributed by atoms with Gasteiger partial charge in [0.2, 0.25) is 0 Å². The maximum Gasteiger partial charge on any atom is 0.417 e. The van der Waals surface area contributed by atoms with Gasteiger partial charge < -0.3 is 9.47 Å². The number of carbonyl (C=O) groups is 2. The molecule has 6 rings (SSSR count). The molecule has 2 atom stereocenters. The summed E-state index contributed by atoms with van der Waals surface area (Å²) in [7, 11) is 0. The van der Waals surface area contributed by atoms with E-state index in [2.05, 4.69) is 6.07 Å². The molecular formula is C31H20Cl2F4O4S2. The van der Waals surface area contributed by atoms with E-state index >= 15 is 0 Å². The van der Waals surface area contributed by atoms with Crippen LogP contribution in [0.15, 0.2) is 60.7 Å². The Morgan fingerprint density at radius 2 is 1.26 bits per heavy atom. The van der Waals surface area contributed by atoms with E-state index in [1.54, 1.807) is 28.7 Å². The molecule has 2 unspecified atom stereocenters. The number of hydrogen-bond acceptors (Lipinski definition) is 6. The van der Waals surface area contributed by atoms with E-state index in [-0.39, 0.29) is 6.42 Å². The Bertz CT molecular complexity index is 1770. The number of carbonyl (C=O) groups excluding carboxylic acids is 2. The highest BCUT2D eigenvalue weighted by Gasteiger charge is 2.40. The Morgan fingerprint density at radius 1 is 0.767 bits per heavy atom. The second kappa shape index (κ2) is 11.4. The number of rotatable bonds is 7. The molecular weight excluding hydrogens is 647 g/mol. The van der Waals surface area contributed by atoms with Crippen LogP contribution >= 0.6 is 45.9 Å². The summed E-state index contributed by atoms with van der Waals surface area (Å²) in [5, 5.41) is -7.77. The lowest BCUT2D eigenvalue weighted by Crippen LogP contribution is -2.26. The first-order chi connectivity index (χ1) is 20.3. The van der Waals surface area contributed by atoms with Crippen LogP contribution in [0, 0.1) is 0 Å². The number of fused-ring (bicyclic) bond motifs is 3. The van der Waals surface area contributed by atoms with Gasteiger partial charge in [0, 0.05) is 43.1 Å². The van der Waals surface area contributed by atoms with Gasteiger partial charge in [-0.2, -0.15) is 17.6 Å². The summed E-state index contributed by atoms with van der Waals surface area (Å²) >= 11 is 12.9. The van der Waals surface area contributed by atoms with Crippen LogP contribution in [0.4, 0.5) is 17.6 Å².